The van der Waals surface area contributed by atoms with Crippen LogP contribution in [-0.4, -0.2) is 6.61 Å². The SMILES string of the molecule is CCCCCCCCOCc1c(CN)oc2ccccc12. The van der Waals surface area contributed by atoms with Crippen molar-refractivity contribution >= 4 is 11.0 Å². The Balaban J connectivity index is 1.78. The van der Waals surface area contributed by atoms with E-state index in [9.17, 15) is 0 Å². The van der Waals surface area contributed by atoms with Crippen molar-refractivity contribution in [3.05, 3.63) is 35.6 Å². The highest BCUT2D eigenvalue weighted by atomic mass is 16.5. The summed E-state index contributed by atoms with van der Waals surface area (Å²) in [5.74, 6) is 0.846. The normalized spacial score (nSPS) is 11.3. The number of benzene rings is 1. The number of hydrogen-bond donors (Lipinski definition) is 1. The van der Waals surface area contributed by atoms with Crippen LogP contribution in [0.1, 0.15) is 56.8 Å². The van der Waals surface area contributed by atoms with E-state index in [2.05, 4.69) is 13.0 Å². The second kappa shape index (κ2) is 8.85. The summed E-state index contributed by atoms with van der Waals surface area (Å²) in [7, 11) is 0. The van der Waals surface area contributed by atoms with Gasteiger partial charge in [0.2, 0.25) is 0 Å². The first kappa shape index (κ1) is 16.1. The predicted molar refractivity (Wildman–Crippen MR) is 87.1 cm³/mol. The lowest BCUT2D eigenvalue weighted by atomic mass is 10.1. The molecule has 0 unspecified atom stereocenters. The van der Waals surface area contributed by atoms with Gasteiger partial charge in [0.15, 0.2) is 0 Å². The molecule has 0 radical (unpaired) electrons. The maximum absolute atomic E-state index is 5.82. The summed E-state index contributed by atoms with van der Waals surface area (Å²) in [6.07, 6.45) is 7.71. The van der Waals surface area contributed by atoms with Gasteiger partial charge in [0.25, 0.3) is 0 Å². The fourth-order valence-corrected chi connectivity index (χ4v) is 2.63. The van der Waals surface area contributed by atoms with Crippen LogP contribution in [0.15, 0.2) is 28.7 Å². The molecule has 2 aromatic rings. The maximum atomic E-state index is 5.82. The van der Waals surface area contributed by atoms with E-state index in [1.807, 2.05) is 18.2 Å². The molecule has 0 amide bonds. The van der Waals surface area contributed by atoms with Gasteiger partial charge in [-0.2, -0.15) is 0 Å². The highest BCUT2D eigenvalue weighted by Crippen LogP contribution is 2.26. The minimum absolute atomic E-state index is 0.421. The van der Waals surface area contributed by atoms with E-state index in [0.29, 0.717) is 13.2 Å². The summed E-state index contributed by atoms with van der Waals surface area (Å²) in [5, 5.41) is 1.13. The van der Waals surface area contributed by atoms with Crippen LogP contribution in [0.5, 0.6) is 0 Å². The third-order valence-corrected chi connectivity index (χ3v) is 3.86. The standard InChI is InChI=1S/C18H27NO2/c1-2-3-4-5-6-9-12-20-14-16-15-10-7-8-11-17(15)21-18(16)13-19/h7-8,10-11H,2-6,9,12-14,19H2,1H3. The zero-order chi connectivity index (χ0) is 14.9. The Morgan fingerprint density at radius 1 is 1.05 bits per heavy atom. The number of furan rings is 1. The van der Waals surface area contributed by atoms with Crippen molar-refractivity contribution in [3.63, 3.8) is 0 Å². The van der Waals surface area contributed by atoms with Gasteiger partial charge >= 0.3 is 0 Å². The first-order chi connectivity index (χ1) is 10.4. The molecule has 0 saturated heterocycles. The lowest BCUT2D eigenvalue weighted by Crippen LogP contribution is -2.01. The zero-order valence-electron chi connectivity index (χ0n) is 13.1. The Hall–Kier alpha value is -1.32. The molecule has 1 heterocycles. The zero-order valence-corrected chi connectivity index (χ0v) is 13.1. The monoisotopic (exact) mass is 289 g/mol. The van der Waals surface area contributed by atoms with Crippen LogP contribution in [0.3, 0.4) is 0 Å². The van der Waals surface area contributed by atoms with Crippen LogP contribution in [-0.2, 0) is 17.9 Å². The second-order valence-corrected chi connectivity index (χ2v) is 5.52. The third-order valence-electron chi connectivity index (χ3n) is 3.86. The molecule has 1 aromatic heterocycles. The minimum atomic E-state index is 0.421. The first-order valence-corrected chi connectivity index (χ1v) is 8.14. The topological polar surface area (TPSA) is 48.4 Å². The number of rotatable bonds is 10. The molecule has 116 valence electrons. The molecule has 0 atom stereocenters. The molecule has 0 spiro atoms. The van der Waals surface area contributed by atoms with Crippen LogP contribution < -0.4 is 5.73 Å². The van der Waals surface area contributed by atoms with Gasteiger partial charge in [0, 0.05) is 17.6 Å². The number of nitrogens with two attached hydrogens (primary N) is 1. The molecule has 0 aliphatic heterocycles. The van der Waals surface area contributed by atoms with Crippen molar-refractivity contribution < 1.29 is 9.15 Å². The van der Waals surface area contributed by atoms with Crippen molar-refractivity contribution in [2.75, 3.05) is 6.61 Å². The fraction of sp³-hybridized carbons (Fsp3) is 0.556. The largest absolute Gasteiger partial charge is 0.459 e. The van der Waals surface area contributed by atoms with E-state index < -0.39 is 0 Å². The first-order valence-electron chi connectivity index (χ1n) is 8.14. The summed E-state index contributed by atoms with van der Waals surface area (Å²) in [6, 6.07) is 8.05. The number of fused-ring (bicyclic) bond motifs is 1. The van der Waals surface area contributed by atoms with Gasteiger partial charge in [-0.25, -0.2) is 0 Å². The smallest absolute Gasteiger partial charge is 0.134 e. The van der Waals surface area contributed by atoms with Gasteiger partial charge in [0.1, 0.15) is 11.3 Å². The van der Waals surface area contributed by atoms with Crippen molar-refractivity contribution in [1.82, 2.24) is 0 Å². The third kappa shape index (κ3) is 4.58. The molecular weight excluding hydrogens is 262 g/mol. The maximum Gasteiger partial charge on any atom is 0.134 e. The van der Waals surface area contributed by atoms with E-state index in [4.69, 9.17) is 14.9 Å². The molecule has 2 N–H and O–H groups in total. The summed E-state index contributed by atoms with van der Waals surface area (Å²) in [4.78, 5) is 0. The highest BCUT2D eigenvalue weighted by molar-refractivity contribution is 5.82. The van der Waals surface area contributed by atoms with Gasteiger partial charge in [-0.1, -0.05) is 57.2 Å². The van der Waals surface area contributed by atoms with Crippen LogP contribution in [0, 0.1) is 0 Å². The number of unbranched alkanes of at least 4 members (excludes halogenated alkanes) is 5. The minimum Gasteiger partial charge on any atom is -0.459 e. The molecule has 0 saturated carbocycles. The average Bonchev–Trinajstić information content (AvgIpc) is 2.88. The number of para-hydroxylation sites is 1. The molecule has 0 aliphatic rings. The van der Waals surface area contributed by atoms with E-state index in [1.165, 1.54) is 32.1 Å². The number of hydrogen-bond acceptors (Lipinski definition) is 3. The number of ether oxygens (including phenoxy) is 1. The van der Waals surface area contributed by atoms with Crippen molar-refractivity contribution in [2.24, 2.45) is 5.73 Å². The molecule has 3 heteroatoms. The van der Waals surface area contributed by atoms with Gasteiger partial charge in [-0.3, -0.25) is 0 Å². The molecule has 1 aromatic carbocycles. The van der Waals surface area contributed by atoms with Crippen LogP contribution in [0.25, 0.3) is 11.0 Å². The summed E-state index contributed by atoms with van der Waals surface area (Å²) >= 11 is 0. The summed E-state index contributed by atoms with van der Waals surface area (Å²) < 4.78 is 11.6. The lowest BCUT2D eigenvalue weighted by Gasteiger charge is -2.05. The Kier molecular flexibility index (Phi) is 6.77. The molecular formula is C18H27NO2. The van der Waals surface area contributed by atoms with Crippen LogP contribution >= 0.6 is 0 Å². The van der Waals surface area contributed by atoms with E-state index >= 15 is 0 Å². The van der Waals surface area contributed by atoms with Crippen LogP contribution in [0.2, 0.25) is 0 Å². The van der Waals surface area contributed by atoms with E-state index in [0.717, 1.165) is 35.3 Å². The van der Waals surface area contributed by atoms with Gasteiger partial charge in [0.05, 0.1) is 13.2 Å². The highest BCUT2D eigenvalue weighted by Gasteiger charge is 2.12. The average molecular weight is 289 g/mol. The molecule has 3 nitrogen and oxygen atoms in total. The van der Waals surface area contributed by atoms with Crippen LogP contribution in [0.4, 0.5) is 0 Å². The molecule has 2 rings (SSSR count). The van der Waals surface area contributed by atoms with Crippen molar-refractivity contribution in [2.45, 2.75) is 58.6 Å². The second-order valence-electron chi connectivity index (χ2n) is 5.52. The quantitative estimate of drug-likeness (QED) is 0.641. The lowest BCUT2D eigenvalue weighted by molar-refractivity contribution is 0.116. The molecule has 21 heavy (non-hydrogen) atoms. The van der Waals surface area contributed by atoms with E-state index in [-0.39, 0.29) is 0 Å². The van der Waals surface area contributed by atoms with Crippen molar-refractivity contribution in [1.29, 1.82) is 0 Å². The summed E-state index contributed by atoms with van der Waals surface area (Å²) in [5.41, 5.74) is 7.77. The van der Waals surface area contributed by atoms with E-state index in [1.54, 1.807) is 0 Å². The van der Waals surface area contributed by atoms with Gasteiger partial charge in [-0.05, 0) is 12.5 Å². The van der Waals surface area contributed by atoms with Gasteiger partial charge < -0.3 is 14.9 Å². The molecule has 0 aliphatic carbocycles. The Morgan fingerprint density at radius 3 is 2.62 bits per heavy atom. The predicted octanol–water partition coefficient (Wildman–Crippen LogP) is 4.77. The van der Waals surface area contributed by atoms with Gasteiger partial charge in [-0.15, -0.1) is 0 Å². The Labute approximate surface area is 127 Å². The molecule has 0 fully saturated rings. The van der Waals surface area contributed by atoms with Crippen molar-refractivity contribution in [3.8, 4) is 0 Å². The molecule has 0 bridgehead atoms. The Morgan fingerprint density at radius 2 is 1.81 bits per heavy atom. The Bertz CT molecular complexity index is 533. The summed E-state index contributed by atoms with van der Waals surface area (Å²) in [6.45, 7) is 4.08. The fourth-order valence-electron chi connectivity index (χ4n) is 2.63.